The zero-order valence-electron chi connectivity index (χ0n) is 11.7. The van der Waals surface area contributed by atoms with E-state index in [9.17, 15) is 4.79 Å². The van der Waals surface area contributed by atoms with Gasteiger partial charge in [-0.2, -0.15) is 0 Å². The molecule has 0 bridgehead atoms. The van der Waals surface area contributed by atoms with Crippen LogP contribution in [0.1, 0.15) is 12.0 Å². The highest BCUT2D eigenvalue weighted by Gasteiger charge is 2.04. The first kappa shape index (κ1) is 16.1. The van der Waals surface area contributed by atoms with Gasteiger partial charge in [0, 0.05) is 15.9 Å². The number of carbonyl (C=O) groups excluding carboxylic acids is 1. The molecule has 0 saturated carbocycles. The minimum absolute atomic E-state index is 0.0292. The molecule has 21 heavy (non-hydrogen) atoms. The molecule has 0 fully saturated rings. The van der Waals surface area contributed by atoms with E-state index in [1.165, 1.54) is 5.56 Å². The molecule has 0 aromatic heterocycles. The van der Waals surface area contributed by atoms with Crippen LogP contribution in [0.25, 0.3) is 0 Å². The topological polar surface area (TPSA) is 29.1 Å². The van der Waals surface area contributed by atoms with E-state index in [4.69, 9.17) is 0 Å². The highest BCUT2D eigenvalue weighted by molar-refractivity contribution is 9.09. The molecule has 0 aliphatic carbocycles. The highest BCUT2D eigenvalue weighted by Crippen LogP contribution is 2.18. The number of halogens is 1. The summed E-state index contributed by atoms with van der Waals surface area (Å²) in [6.45, 7) is 0. The van der Waals surface area contributed by atoms with Crippen LogP contribution in [-0.4, -0.2) is 17.0 Å². The molecule has 2 rings (SSSR count). The molecule has 1 N–H and O–H groups in total. The number of alkyl halides is 1. The van der Waals surface area contributed by atoms with Crippen LogP contribution in [0.2, 0.25) is 0 Å². The Morgan fingerprint density at radius 2 is 1.90 bits per heavy atom. The van der Waals surface area contributed by atoms with Gasteiger partial charge in [-0.15, -0.1) is 11.8 Å². The van der Waals surface area contributed by atoms with Gasteiger partial charge >= 0.3 is 0 Å². The first-order valence-corrected chi connectivity index (χ1v) is 9.01. The van der Waals surface area contributed by atoms with Crippen molar-refractivity contribution in [3.05, 3.63) is 60.2 Å². The van der Waals surface area contributed by atoms with Crippen molar-refractivity contribution >= 4 is 39.3 Å². The van der Waals surface area contributed by atoms with Crippen molar-refractivity contribution in [2.75, 3.05) is 16.4 Å². The maximum atomic E-state index is 12.0. The Kier molecular flexibility index (Phi) is 6.83. The zero-order valence-corrected chi connectivity index (χ0v) is 14.1. The lowest BCUT2D eigenvalue weighted by Gasteiger charge is -2.07. The molecular formula is C17H18BrNOS. The number of nitrogens with one attached hydrogen (secondary N) is 1. The molecule has 0 unspecified atom stereocenters. The molecule has 1 amide bonds. The number of aryl methyl sites for hydroxylation is 1. The van der Waals surface area contributed by atoms with Crippen molar-refractivity contribution in [3.8, 4) is 0 Å². The fraction of sp³-hybridized carbons (Fsp3) is 0.235. The van der Waals surface area contributed by atoms with Gasteiger partial charge in [0.2, 0.25) is 5.91 Å². The number of carbonyl (C=O) groups is 1. The molecule has 0 aliphatic rings. The van der Waals surface area contributed by atoms with E-state index in [1.54, 1.807) is 11.8 Å². The van der Waals surface area contributed by atoms with E-state index in [-0.39, 0.29) is 5.91 Å². The third-order valence-electron chi connectivity index (χ3n) is 2.92. The Bertz CT molecular complexity index is 574. The van der Waals surface area contributed by atoms with Crippen LogP contribution in [0.4, 0.5) is 5.69 Å². The Morgan fingerprint density at radius 1 is 1.10 bits per heavy atom. The molecule has 0 atom stereocenters. The molecule has 0 heterocycles. The number of rotatable bonds is 7. The summed E-state index contributed by atoms with van der Waals surface area (Å²) in [6, 6.07) is 18.0. The van der Waals surface area contributed by atoms with Crippen LogP contribution >= 0.6 is 27.7 Å². The number of hydrogen-bond donors (Lipinski definition) is 1. The SMILES string of the molecule is O=C(CSc1ccccc1)Nc1cccc(CCCBr)c1. The third-order valence-corrected chi connectivity index (χ3v) is 4.50. The number of thioether (sulfide) groups is 1. The lowest BCUT2D eigenvalue weighted by atomic mass is 10.1. The monoisotopic (exact) mass is 363 g/mol. The van der Waals surface area contributed by atoms with Gasteiger partial charge in [-0.25, -0.2) is 0 Å². The van der Waals surface area contributed by atoms with Crippen LogP contribution < -0.4 is 5.32 Å². The van der Waals surface area contributed by atoms with Crippen LogP contribution in [0, 0.1) is 0 Å². The molecular weight excluding hydrogens is 346 g/mol. The average Bonchev–Trinajstić information content (AvgIpc) is 2.52. The Balaban J connectivity index is 1.84. The Labute approximate surface area is 138 Å². The molecule has 2 aromatic rings. The van der Waals surface area contributed by atoms with Gasteiger partial charge in [0.05, 0.1) is 5.75 Å². The largest absolute Gasteiger partial charge is 0.325 e. The molecule has 0 saturated heterocycles. The molecule has 2 nitrogen and oxygen atoms in total. The second-order valence-electron chi connectivity index (χ2n) is 4.64. The van der Waals surface area contributed by atoms with E-state index < -0.39 is 0 Å². The maximum Gasteiger partial charge on any atom is 0.234 e. The zero-order chi connectivity index (χ0) is 14.9. The molecule has 2 aromatic carbocycles. The lowest BCUT2D eigenvalue weighted by Crippen LogP contribution is -2.14. The number of hydrogen-bond acceptors (Lipinski definition) is 2. The summed E-state index contributed by atoms with van der Waals surface area (Å²) in [4.78, 5) is 13.1. The molecule has 0 aliphatic heterocycles. The van der Waals surface area contributed by atoms with E-state index in [0.29, 0.717) is 5.75 Å². The van der Waals surface area contributed by atoms with Crippen LogP contribution in [-0.2, 0) is 11.2 Å². The van der Waals surface area contributed by atoms with Gasteiger partial charge < -0.3 is 5.32 Å². The number of benzene rings is 2. The minimum Gasteiger partial charge on any atom is -0.325 e. The van der Waals surface area contributed by atoms with Gasteiger partial charge in [0.25, 0.3) is 0 Å². The summed E-state index contributed by atoms with van der Waals surface area (Å²) in [5, 5.41) is 3.95. The standard InChI is InChI=1S/C17H18BrNOS/c18-11-5-7-14-6-4-8-15(12-14)19-17(20)13-21-16-9-2-1-3-10-16/h1-4,6,8-10,12H,5,7,11,13H2,(H,19,20). The molecule has 0 spiro atoms. The number of anilines is 1. The normalized spacial score (nSPS) is 10.3. The predicted molar refractivity (Wildman–Crippen MR) is 94.4 cm³/mol. The second kappa shape index (κ2) is 8.90. The van der Waals surface area contributed by atoms with Crippen molar-refractivity contribution in [2.24, 2.45) is 0 Å². The van der Waals surface area contributed by atoms with Gasteiger partial charge in [0.15, 0.2) is 0 Å². The highest BCUT2D eigenvalue weighted by atomic mass is 79.9. The van der Waals surface area contributed by atoms with Crippen molar-refractivity contribution in [1.82, 2.24) is 0 Å². The number of amides is 1. The van der Waals surface area contributed by atoms with E-state index in [0.717, 1.165) is 28.8 Å². The minimum atomic E-state index is 0.0292. The predicted octanol–water partition coefficient (Wildman–Crippen LogP) is 4.74. The van der Waals surface area contributed by atoms with Crippen molar-refractivity contribution in [3.63, 3.8) is 0 Å². The Morgan fingerprint density at radius 3 is 2.67 bits per heavy atom. The van der Waals surface area contributed by atoms with Crippen LogP contribution in [0.5, 0.6) is 0 Å². The summed E-state index contributed by atoms with van der Waals surface area (Å²) in [5.41, 5.74) is 2.13. The van der Waals surface area contributed by atoms with Crippen LogP contribution in [0.15, 0.2) is 59.5 Å². The van der Waals surface area contributed by atoms with E-state index in [1.807, 2.05) is 48.5 Å². The van der Waals surface area contributed by atoms with Gasteiger partial charge in [-0.1, -0.05) is 46.3 Å². The van der Waals surface area contributed by atoms with Gasteiger partial charge in [0.1, 0.15) is 0 Å². The van der Waals surface area contributed by atoms with Gasteiger partial charge in [-0.3, -0.25) is 4.79 Å². The van der Waals surface area contributed by atoms with Gasteiger partial charge in [-0.05, 0) is 42.7 Å². The lowest BCUT2D eigenvalue weighted by molar-refractivity contribution is -0.113. The molecule has 110 valence electrons. The second-order valence-corrected chi connectivity index (χ2v) is 6.48. The third kappa shape index (κ3) is 5.94. The summed E-state index contributed by atoms with van der Waals surface area (Å²) < 4.78 is 0. The van der Waals surface area contributed by atoms with E-state index >= 15 is 0 Å². The van der Waals surface area contributed by atoms with Crippen LogP contribution in [0.3, 0.4) is 0 Å². The first-order chi connectivity index (χ1) is 10.3. The van der Waals surface area contributed by atoms with Crippen molar-refractivity contribution in [2.45, 2.75) is 17.7 Å². The fourth-order valence-corrected chi connectivity index (χ4v) is 2.94. The summed E-state index contributed by atoms with van der Waals surface area (Å²) in [6.07, 6.45) is 2.12. The Hall–Kier alpha value is -1.26. The quantitative estimate of drug-likeness (QED) is 0.568. The smallest absolute Gasteiger partial charge is 0.234 e. The summed E-state index contributed by atoms with van der Waals surface area (Å²) in [7, 11) is 0. The van der Waals surface area contributed by atoms with E-state index in [2.05, 4.69) is 27.3 Å². The van der Waals surface area contributed by atoms with Crippen molar-refractivity contribution in [1.29, 1.82) is 0 Å². The van der Waals surface area contributed by atoms with Crippen molar-refractivity contribution < 1.29 is 4.79 Å². The molecule has 0 radical (unpaired) electrons. The maximum absolute atomic E-state index is 12.0. The molecule has 4 heteroatoms. The average molecular weight is 364 g/mol. The fourth-order valence-electron chi connectivity index (χ4n) is 1.94. The summed E-state index contributed by atoms with van der Waals surface area (Å²) in [5.74, 6) is 0.455. The summed E-state index contributed by atoms with van der Waals surface area (Å²) >= 11 is 4.98. The first-order valence-electron chi connectivity index (χ1n) is 6.90.